The third kappa shape index (κ3) is 4.81. The largest absolute Gasteiger partial charge is 0.382 e. The van der Waals surface area contributed by atoms with E-state index in [1.807, 2.05) is 6.07 Å². The lowest BCUT2D eigenvalue weighted by atomic mass is 10.0. The summed E-state index contributed by atoms with van der Waals surface area (Å²) in [5, 5.41) is 12.8. The number of nitrogens with one attached hydrogen (secondary N) is 1. The fourth-order valence-electron chi connectivity index (χ4n) is 3.98. The molecule has 1 atom stereocenters. The van der Waals surface area contributed by atoms with Crippen LogP contribution in [0.25, 0.3) is 33.4 Å². The number of halogens is 1. The molecular weight excluding hydrogens is 469 g/mol. The number of pyridine rings is 2. The minimum atomic E-state index is -0.518. The summed E-state index contributed by atoms with van der Waals surface area (Å²) >= 11 is 0. The van der Waals surface area contributed by atoms with Crippen molar-refractivity contribution >= 4 is 22.6 Å². The molecule has 0 spiro atoms. The maximum atomic E-state index is 13.9. The summed E-state index contributed by atoms with van der Waals surface area (Å²) < 4.78 is 13.9. The first-order chi connectivity index (χ1) is 17.9. The maximum Gasteiger partial charge on any atom is 0.274 e. The summed E-state index contributed by atoms with van der Waals surface area (Å²) in [6.45, 7) is 1.80. The lowest BCUT2D eigenvalue weighted by molar-refractivity contribution is 0.0935. The highest BCUT2D eigenvalue weighted by atomic mass is 19.1. The molecule has 0 saturated carbocycles. The second kappa shape index (κ2) is 9.79. The Morgan fingerprint density at radius 2 is 1.81 bits per heavy atom. The average Bonchev–Trinajstić information content (AvgIpc) is 2.92. The Hall–Kier alpha value is -5.23. The van der Waals surface area contributed by atoms with Crippen molar-refractivity contribution in [3.63, 3.8) is 0 Å². The van der Waals surface area contributed by atoms with Crippen LogP contribution in [0, 0.1) is 17.1 Å². The van der Waals surface area contributed by atoms with E-state index in [4.69, 9.17) is 5.73 Å². The number of hydrogen-bond acceptors (Lipinski definition) is 7. The number of nitriles is 1. The van der Waals surface area contributed by atoms with Crippen molar-refractivity contribution in [2.45, 2.75) is 13.0 Å². The summed E-state index contributed by atoms with van der Waals surface area (Å²) in [6.07, 6.45) is 2.79. The molecular formula is C28H20FN7O. The van der Waals surface area contributed by atoms with Crippen molar-refractivity contribution in [1.82, 2.24) is 25.3 Å². The molecule has 0 aliphatic heterocycles. The smallest absolute Gasteiger partial charge is 0.274 e. The van der Waals surface area contributed by atoms with E-state index in [0.717, 1.165) is 6.20 Å². The highest BCUT2D eigenvalue weighted by Crippen LogP contribution is 2.33. The molecule has 5 rings (SSSR count). The van der Waals surface area contributed by atoms with Gasteiger partial charge < -0.3 is 11.1 Å². The van der Waals surface area contributed by atoms with Crippen molar-refractivity contribution in [2.24, 2.45) is 0 Å². The highest BCUT2D eigenvalue weighted by Gasteiger charge is 2.22. The van der Waals surface area contributed by atoms with Crippen LogP contribution in [0.15, 0.2) is 79.1 Å². The second-order valence-electron chi connectivity index (χ2n) is 8.36. The van der Waals surface area contributed by atoms with Crippen LogP contribution >= 0.6 is 0 Å². The van der Waals surface area contributed by atoms with E-state index in [-0.39, 0.29) is 11.5 Å². The van der Waals surface area contributed by atoms with Crippen LogP contribution in [0.2, 0.25) is 0 Å². The molecule has 0 aliphatic rings. The molecule has 0 saturated heterocycles. The lowest BCUT2D eigenvalue weighted by Crippen LogP contribution is -2.29. The monoisotopic (exact) mass is 489 g/mol. The standard InChI is InChI=1S/C28H20FN7O/c1-16(22-7-2-3-10-32-22)34-28(37)26-27(31)36-25(18-6-4-5-17(11-18)14-30)24(35-26)19-8-9-23-20(12-19)13-21(29)15-33-23/h2-13,15-16H,1H3,(H2,31,36)(H,34,37)/t16-/m1/s1. The number of carbonyl (C=O) groups is 1. The Morgan fingerprint density at radius 1 is 1.00 bits per heavy atom. The summed E-state index contributed by atoms with van der Waals surface area (Å²) in [6, 6.07) is 20.6. The number of carbonyl (C=O) groups excluding carboxylic acids is 1. The molecule has 5 aromatic rings. The van der Waals surface area contributed by atoms with Gasteiger partial charge in [0.2, 0.25) is 0 Å². The minimum Gasteiger partial charge on any atom is -0.382 e. The van der Waals surface area contributed by atoms with E-state index >= 15 is 0 Å². The van der Waals surface area contributed by atoms with Gasteiger partial charge >= 0.3 is 0 Å². The fourth-order valence-corrected chi connectivity index (χ4v) is 3.98. The molecule has 3 aromatic heterocycles. The van der Waals surface area contributed by atoms with E-state index in [1.165, 1.54) is 6.07 Å². The van der Waals surface area contributed by atoms with Gasteiger partial charge in [-0.3, -0.25) is 14.8 Å². The van der Waals surface area contributed by atoms with Gasteiger partial charge in [0.25, 0.3) is 5.91 Å². The highest BCUT2D eigenvalue weighted by molar-refractivity contribution is 5.98. The van der Waals surface area contributed by atoms with E-state index in [9.17, 15) is 14.4 Å². The summed E-state index contributed by atoms with van der Waals surface area (Å²) in [4.78, 5) is 30.8. The van der Waals surface area contributed by atoms with Crippen molar-refractivity contribution in [3.05, 3.63) is 102 Å². The van der Waals surface area contributed by atoms with Gasteiger partial charge in [-0.05, 0) is 49.4 Å². The number of aromatic nitrogens is 4. The molecule has 8 nitrogen and oxygen atoms in total. The summed E-state index contributed by atoms with van der Waals surface area (Å²) in [5.41, 5.74) is 9.79. The molecule has 0 radical (unpaired) electrons. The molecule has 2 aromatic carbocycles. The average molecular weight is 490 g/mol. The summed E-state index contributed by atoms with van der Waals surface area (Å²) in [5.74, 6) is -1.06. The van der Waals surface area contributed by atoms with Gasteiger partial charge in [0.05, 0.1) is 46.5 Å². The molecule has 0 aliphatic carbocycles. The molecule has 0 fully saturated rings. The number of anilines is 1. The Bertz CT molecular complexity index is 1680. The van der Waals surface area contributed by atoms with Crippen LogP contribution in [-0.4, -0.2) is 25.8 Å². The molecule has 3 N–H and O–H groups in total. The zero-order chi connectivity index (χ0) is 25.9. The first-order valence-corrected chi connectivity index (χ1v) is 11.4. The van der Waals surface area contributed by atoms with Crippen LogP contribution in [0.1, 0.15) is 34.7 Å². The number of fused-ring (bicyclic) bond motifs is 1. The van der Waals surface area contributed by atoms with E-state index in [1.54, 1.807) is 67.7 Å². The zero-order valence-corrected chi connectivity index (χ0v) is 19.7. The van der Waals surface area contributed by atoms with Crippen LogP contribution in [0.4, 0.5) is 10.2 Å². The van der Waals surface area contributed by atoms with Crippen molar-refractivity contribution < 1.29 is 9.18 Å². The van der Waals surface area contributed by atoms with E-state index < -0.39 is 17.8 Å². The predicted octanol–water partition coefficient (Wildman–Crippen LogP) is 4.84. The normalized spacial score (nSPS) is 11.6. The van der Waals surface area contributed by atoms with Crippen LogP contribution in [0.3, 0.4) is 0 Å². The van der Waals surface area contributed by atoms with Crippen molar-refractivity contribution in [1.29, 1.82) is 5.26 Å². The topological polar surface area (TPSA) is 130 Å². The van der Waals surface area contributed by atoms with Gasteiger partial charge in [0, 0.05) is 22.7 Å². The van der Waals surface area contributed by atoms with Gasteiger partial charge in [0.1, 0.15) is 5.82 Å². The Kier molecular flexibility index (Phi) is 6.22. The SMILES string of the molecule is C[C@@H](NC(=O)c1nc(-c2ccc3ncc(F)cc3c2)c(-c2cccc(C#N)c2)nc1N)c1ccccn1. The third-order valence-corrected chi connectivity index (χ3v) is 5.80. The Labute approximate surface area is 211 Å². The zero-order valence-electron chi connectivity index (χ0n) is 19.7. The van der Waals surface area contributed by atoms with Crippen molar-refractivity contribution in [3.8, 4) is 28.6 Å². The molecule has 3 heterocycles. The van der Waals surface area contributed by atoms with Gasteiger partial charge in [-0.1, -0.05) is 24.3 Å². The summed E-state index contributed by atoms with van der Waals surface area (Å²) in [7, 11) is 0. The van der Waals surface area contributed by atoms with Gasteiger partial charge in [-0.15, -0.1) is 0 Å². The van der Waals surface area contributed by atoms with E-state index in [0.29, 0.717) is 44.7 Å². The van der Waals surface area contributed by atoms with Crippen LogP contribution < -0.4 is 11.1 Å². The van der Waals surface area contributed by atoms with Crippen LogP contribution in [0.5, 0.6) is 0 Å². The van der Waals surface area contributed by atoms with Crippen LogP contribution in [-0.2, 0) is 0 Å². The lowest BCUT2D eigenvalue weighted by Gasteiger charge is -2.16. The maximum absolute atomic E-state index is 13.9. The predicted molar refractivity (Wildman–Crippen MR) is 137 cm³/mol. The second-order valence-corrected chi connectivity index (χ2v) is 8.36. The molecule has 180 valence electrons. The minimum absolute atomic E-state index is 0.0598. The first-order valence-electron chi connectivity index (χ1n) is 11.4. The van der Waals surface area contributed by atoms with Gasteiger partial charge in [-0.25, -0.2) is 14.4 Å². The molecule has 1 amide bonds. The van der Waals surface area contributed by atoms with Crippen molar-refractivity contribution in [2.75, 3.05) is 5.73 Å². The number of benzene rings is 2. The number of hydrogen-bond donors (Lipinski definition) is 2. The first kappa shape index (κ1) is 23.5. The Morgan fingerprint density at radius 3 is 2.59 bits per heavy atom. The molecule has 37 heavy (non-hydrogen) atoms. The molecule has 0 unspecified atom stereocenters. The van der Waals surface area contributed by atoms with E-state index in [2.05, 4.69) is 31.3 Å². The number of amides is 1. The fraction of sp³-hybridized carbons (Fsp3) is 0.0714. The Balaban J connectivity index is 1.64. The number of nitrogens with zero attached hydrogens (tertiary/aromatic N) is 5. The number of rotatable bonds is 5. The van der Waals surface area contributed by atoms with Gasteiger partial charge in [0.15, 0.2) is 11.5 Å². The quantitative estimate of drug-likeness (QED) is 0.361. The number of nitrogens with two attached hydrogens (primary N) is 1. The molecule has 0 bridgehead atoms. The number of nitrogen functional groups attached to an aromatic ring is 1. The van der Waals surface area contributed by atoms with Gasteiger partial charge in [-0.2, -0.15) is 5.26 Å². The third-order valence-electron chi connectivity index (χ3n) is 5.80. The molecule has 9 heteroatoms.